The topological polar surface area (TPSA) is 26.3 Å². The van der Waals surface area contributed by atoms with Gasteiger partial charge >= 0.3 is 0 Å². The minimum absolute atomic E-state index is 0.335. The van der Waals surface area contributed by atoms with Crippen molar-refractivity contribution in [1.29, 1.82) is 0 Å². The van der Waals surface area contributed by atoms with Crippen LogP contribution in [0.25, 0.3) is 0 Å². The summed E-state index contributed by atoms with van der Waals surface area (Å²) in [6.45, 7) is 2.65. The van der Waals surface area contributed by atoms with Crippen LogP contribution in [0.15, 0.2) is 30.3 Å². The molecule has 2 rings (SSSR count). The first-order chi connectivity index (χ1) is 10.3. The molecule has 0 N–H and O–H groups in total. The van der Waals surface area contributed by atoms with E-state index in [2.05, 4.69) is 24.3 Å². The van der Waals surface area contributed by atoms with Crippen LogP contribution in [-0.4, -0.2) is 18.0 Å². The second-order valence-electron chi connectivity index (χ2n) is 6.10. The van der Waals surface area contributed by atoms with Gasteiger partial charge in [0.15, 0.2) is 5.78 Å². The van der Waals surface area contributed by atoms with Gasteiger partial charge in [-0.2, -0.15) is 0 Å². The highest BCUT2D eigenvalue weighted by Crippen LogP contribution is 2.32. The van der Waals surface area contributed by atoms with Crippen molar-refractivity contribution >= 4 is 5.78 Å². The first-order valence-electron chi connectivity index (χ1n) is 8.48. The second kappa shape index (κ2) is 8.33. The molecule has 116 valence electrons. The Kier molecular flexibility index (Phi) is 6.44. The Bertz CT molecular complexity index is 416. The molecule has 1 saturated carbocycles. The number of ether oxygens (including phenoxy) is 1. The normalized spacial score (nSPS) is 18.1. The van der Waals surface area contributed by atoms with Crippen molar-refractivity contribution in [3.05, 3.63) is 35.9 Å². The van der Waals surface area contributed by atoms with Gasteiger partial charge in [-0.05, 0) is 38.2 Å². The number of hydrogen-bond acceptors (Lipinski definition) is 2. The third-order valence-electron chi connectivity index (χ3n) is 4.55. The fourth-order valence-electron chi connectivity index (χ4n) is 3.41. The predicted molar refractivity (Wildman–Crippen MR) is 86.4 cm³/mol. The molecule has 0 atom stereocenters. The van der Waals surface area contributed by atoms with Crippen LogP contribution in [0.3, 0.4) is 0 Å². The highest BCUT2D eigenvalue weighted by Gasteiger charge is 2.38. The fourth-order valence-corrected chi connectivity index (χ4v) is 3.41. The van der Waals surface area contributed by atoms with Crippen molar-refractivity contribution < 1.29 is 9.53 Å². The summed E-state index contributed by atoms with van der Waals surface area (Å²) in [7, 11) is 0. The van der Waals surface area contributed by atoms with Crippen LogP contribution in [0.2, 0.25) is 0 Å². The van der Waals surface area contributed by atoms with Crippen molar-refractivity contribution in [3.8, 4) is 0 Å². The van der Waals surface area contributed by atoms with Gasteiger partial charge in [0.1, 0.15) is 5.60 Å². The molecule has 1 aliphatic rings. The number of Topliss-reactive ketones (excluding diaryl/α,β-unsaturated/α-hetero) is 1. The number of rotatable bonds is 7. The van der Waals surface area contributed by atoms with E-state index in [0.717, 1.165) is 38.5 Å². The number of carbonyl (C=O) groups excluding carboxylic acids is 1. The zero-order valence-corrected chi connectivity index (χ0v) is 13.3. The Morgan fingerprint density at radius 1 is 1.10 bits per heavy atom. The third kappa shape index (κ3) is 4.67. The summed E-state index contributed by atoms with van der Waals surface area (Å²) in [6.07, 6.45) is 9.14. The lowest BCUT2D eigenvalue weighted by Crippen LogP contribution is -2.41. The molecule has 0 saturated heterocycles. The highest BCUT2D eigenvalue weighted by molar-refractivity contribution is 5.87. The van der Waals surface area contributed by atoms with E-state index in [4.69, 9.17) is 4.74 Å². The molecular weight excluding hydrogens is 260 g/mol. The van der Waals surface area contributed by atoms with Crippen molar-refractivity contribution in [2.75, 3.05) is 6.61 Å². The van der Waals surface area contributed by atoms with E-state index in [1.165, 1.54) is 18.4 Å². The molecular formula is C19H28O2. The van der Waals surface area contributed by atoms with Gasteiger partial charge in [-0.3, -0.25) is 4.79 Å². The van der Waals surface area contributed by atoms with Crippen LogP contribution >= 0.6 is 0 Å². The zero-order valence-electron chi connectivity index (χ0n) is 13.3. The predicted octanol–water partition coefficient (Wildman–Crippen LogP) is 4.71. The molecule has 0 aromatic heterocycles. The van der Waals surface area contributed by atoms with Crippen molar-refractivity contribution in [3.63, 3.8) is 0 Å². The van der Waals surface area contributed by atoms with Gasteiger partial charge in [0.2, 0.25) is 0 Å². The molecule has 0 bridgehead atoms. The summed E-state index contributed by atoms with van der Waals surface area (Å²) >= 11 is 0. The lowest BCUT2D eigenvalue weighted by atomic mass is 9.86. The van der Waals surface area contributed by atoms with Gasteiger partial charge in [0.05, 0.1) is 0 Å². The summed E-state index contributed by atoms with van der Waals surface area (Å²) in [5, 5.41) is 0. The maximum atomic E-state index is 12.7. The number of aryl methyl sites for hydroxylation is 1. The average molecular weight is 288 g/mol. The Morgan fingerprint density at radius 3 is 2.38 bits per heavy atom. The molecule has 2 nitrogen and oxygen atoms in total. The Morgan fingerprint density at radius 2 is 1.76 bits per heavy atom. The summed E-state index contributed by atoms with van der Waals surface area (Å²) in [5.41, 5.74) is 0.846. The van der Waals surface area contributed by atoms with Crippen LogP contribution in [0.1, 0.15) is 63.9 Å². The Hall–Kier alpha value is -1.15. The molecule has 1 aromatic rings. The molecule has 2 heteroatoms. The van der Waals surface area contributed by atoms with Crippen LogP contribution < -0.4 is 0 Å². The monoisotopic (exact) mass is 288 g/mol. The van der Waals surface area contributed by atoms with Crippen LogP contribution in [-0.2, 0) is 16.0 Å². The Balaban J connectivity index is 1.89. The molecule has 0 amide bonds. The molecule has 0 unspecified atom stereocenters. The number of hydrogen-bond donors (Lipinski definition) is 0. The molecule has 0 radical (unpaired) electrons. The molecule has 0 aliphatic heterocycles. The van der Waals surface area contributed by atoms with Gasteiger partial charge in [0, 0.05) is 13.0 Å². The van der Waals surface area contributed by atoms with Crippen LogP contribution in [0.4, 0.5) is 0 Å². The summed E-state index contributed by atoms with van der Waals surface area (Å²) in [4.78, 5) is 12.7. The van der Waals surface area contributed by atoms with Gasteiger partial charge in [-0.15, -0.1) is 0 Å². The van der Waals surface area contributed by atoms with Gasteiger partial charge in [-0.25, -0.2) is 0 Å². The maximum absolute atomic E-state index is 12.7. The first-order valence-corrected chi connectivity index (χ1v) is 8.48. The molecule has 1 aliphatic carbocycles. The Labute approximate surface area is 128 Å². The average Bonchev–Trinajstić information content (AvgIpc) is 2.75. The molecule has 1 aromatic carbocycles. The van der Waals surface area contributed by atoms with E-state index in [1.807, 2.05) is 13.0 Å². The summed E-state index contributed by atoms with van der Waals surface area (Å²) in [5.74, 6) is 0.335. The molecule has 21 heavy (non-hydrogen) atoms. The number of carbonyl (C=O) groups is 1. The SMILES string of the molecule is CCOC1(C(=O)CCCc2ccccc2)CCCCCC1. The maximum Gasteiger partial charge on any atom is 0.164 e. The fraction of sp³-hybridized carbons (Fsp3) is 0.632. The largest absolute Gasteiger partial charge is 0.368 e. The van der Waals surface area contributed by atoms with Gasteiger partial charge in [-0.1, -0.05) is 56.0 Å². The molecule has 1 fully saturated rings. The third-order valence-corrected chi connectivity index (χ3v) is 4.55. The summed E-state index contributed by atoms with van der Waals surface area (Å²) in [6, 6.07) is 10.4. The lowest BCUT2D eigenvalue weighted by molar-refractivity contribution is -0.146. The van der Waals surface area contributed by atoms with Crippen LogP contribution in [0.5, 0.6) is 0 Å². The first kappa shape index (κ1) is 16.2. The van der Waals surface area contributed by atoms with E-state index in [1.54, 1.807) is 0 Å². The van der Waals surface area contributed by atoms with E-state index in [0.29, 0.717) is 18.8 Å². The summed E-state index contributed by atoms with van der Waals surface area (Å²) < 4.78 is 5.97. The van der Waals surface area contributed by atoms with E-state index < -0.39 is 5.60 Å². The molecule has 0 spiro atoms. The lowest BCUT2D eigenvalue weighted by Gasteiger charge is -2.31. The van der Waals surface area contributed by atoms with Crippen LogP contribution in [0, 0.1) is 0 Å². The standard InChI is InChI=1S/C19H28O2/c1-2-21-19(15-8-3-4-9-16-19)18(20)14-10-13-17-11-6-5-7-12-17/h5-7,11-12H,2-4,8-10,13-16H2,1H3. The van der Waals surface area contributed by atoms with E-state index in [-0.39, 0.29) is 0 Å². The van der Waals surface area contributed by atoms with Crippen molar-refractivity contribution in [2.45, 2.75) is 70.3 Å². The minimum Gasteiger partial charge on any atom is -0.368 e. The molecule has 0 heterocycles. The number of benzene rings is 1. The minimum atomic E-state index is -0.470. The quantitative estimate of drug-likeness (QED) is 0.679. The van der Waals surface area contributed by atoms with Crippen molar-refractivity contribution in [2.24, 2.45) is 0 Å². The van der Waals surface area contributed by atoms with E-state index >= 15 is 0 Å². The van der Waals surface area contributed by atoms with Crippen molar-refractivity contribution in [1.82, 2.24) is 0 Å². The zero-order chi connectivity index (χ0) is 15.0. The second-order valence-corrected chi connectivity index (χ2v) is 6.10. The smallest absolute Gasteiger partial charge is 0.164 e. The van der Waals surface area contributed by atoms with Gasteiger partial charge in [0.25, 0.3) is 0 Å². The van der Waals surface area contributed by atoms with E-state index in [9.17, 15) is 4.79 Å². The number of ketones is 1. The van der Waals surface area contributed by atoms with Gasteiger partial charge < -0.3 is 4.74 Å². The highest BCUT2D eigenvalue weighted by atomic mass is 16.5.